The van der Waals surface area contributed by atoms with Crippen LogP contribution < -0.4 is 11.1 Å². The van der Waals surface area contributed by atoms with Crippen LogP contribution in [0.5, 0.6) is 0 Å². The molecule has 5 unspecified atom stereocenters. The normalized spacial score (nSPS) is 28.0. The summed E-state index contributed by atoms with van der Waals surface area (Å²) in [5.74, 6) is -0.344. The number of hydrogen-bond acceptors (Lipinski definition) is 8. The Balaban J connectivity index is 2.51. The van der Waals surface area contributed by atoms with Gasteiger partial charge in [0.2, 0.25) is 5.91 Å². The first-order valence-corrected chi connectivity index (χ1v) is 9.39. The van der Waals surface area contributed by atoms with Gasteiger partial charge in [0.1, 0.15) is 6.61 Å². The molecular formula is C18H34N2O7. The predicted octanol–water partition coefficient (Wildman–Crippen LogP) is 0.0598. The summed E-state index contributed by atoms with van der Waals surface area (Å²) in [5, 5.41) is 2.90. The smallest absolute Gasteiger partial charge is 0.302 e. The second kappa shape index (κ2) is 13.0. The van der Waals surface area contributed by atoms with E-state index in [2.05, 4.69) is 5.32 Å². The number of nitrogens with two attached hydrogens (primary N) is 1. The van der Waals surface area contributed by atoms with Crippen LogP contribution in [0, 0.1) is 11.8 Å². The largest absolute Gasteiger partial charge is 0.463 e. The number of carbonyl (C=O) groups is 2. The number of nitrogens with one attached hydrogen (secondary N) is 1. The number of hydrogen-bond donors (Lipinski definition) is 2. The molecule has 1 amide bonds. The van der Waals surface area contributed by atoms with Crippen LogP contribution in [0.4, 0.5) is 0 Å². The van der Waals surface area contributed by atoms with Crippen LogP contribution in [-0.4, -0.2) is 76.5 Å². The van der Waals surface area contributed by atoms with Gasteiger partial charge in [0.15, 0.2) is 6.29 Å². The third-order valence-corrected chi connectivity index (χ3v) is 4.55. The van der Waals surface area contributed by atoms with E-state index in [-0.39, 0.29) is 42.5 Å². The van der Waals surface area contributed by atoms with Crippen LogP contribution in [0.25, 0.3) is 0 Å². The molecule has 0 bridgehead atoms. The van der Waals surface area contributed by atoms with Crippen molar-refractivity contribution in [2.75, 3.05) is 46.2 Å². The zero-order chi connectivity index (χ0) is 20.2. The standard InChI is InChI=1S/C18H34N2O7/c1-12-13(2)17(20-14(3)21)18(27-16(12)11-26-15(4)22)25-10-9-24-8-7-23-6-5-19/h12-13,16-18H,5-11,19H2,1-4H3,(H,20,21). The van der Waals surface area contributed by atoms with Gasteiger partial charge in [0.25, 0.3) is 0 Å². The first-order valence-electron chi connectivity index (χ1n) is 9.39. The highest BCUT2D eigenvalue weighted by Gasteiger charge is 2.42. The fourth-order valence-corrected chi connectivity index (χ4v) is 2.89. The van der Waals surface area contributed by atoms with Gasteiger partial charge < -0.3 is 34.7 Å². The molecule has 5 atom stereocenters. The highest BCUT2D eigenvalue weighted by molar-refractivity contribution is 5.73. The first kappa shape index (κ1) is 23.8. The van der Waals surface area contributed by atoms with Gasteiger partial charge in [-0.05, 0) is 11.8 Å². The van der Waals surface area contributed by atoms with Crippen molar-refractivity contribution in [3.63, 3.8) is 0 Å². The van der Waals surface area contributed by atoms with Crippen LogP contribution in [0.15, 0.2) is 0 Å². The molecule has 0 aromatic rings. The summed E-state index contributed by atoms with van der Waals surface area (Å²) in [7, 11) is 0. The van der Waals surface area contributed by atoms with E-state index in [4.69, 9.17) is 29.4 Å². The van der Waals surface area contributed by atoms with Crippen molar-refractivity contribution in [2.45, 2.75) is 46.1 Å². The molecule has 9 nitrogen and oxygen atoms in total. The Morgan fingerprint density at radius 2 is 1.63 bits per heavy atom. The molecule has 0 spiro atoms. The molecule has 3 N–H and O–H groups in total. The fraction of sp³-hybridized carbons (Fsp3) is 0.889. The Hall–Kier alpha value is -1.26. The second-order valence-electron chi connectivity index (χ2n) is 6.67. The molecule has 1 heterocycles. The average molecular weight is 390 g/mol. The van der Waals surface area contributed by atoms with E-state index in [1.165, 1.54) is 13.8 Å². The molecule has 27 heavy (non-hydrogen) atoms. The van der Waals surface area contributed by atoms with Gasteiger partial charge in [-0.2, -0.15) is 0 Å². The van der Waals surface area contributed by atoms with Gasteiger partial charge in [0.05, 0.1) is 45.2 Å². The predicted molar refractivity (Wildman–Crippen MR) is 97.9 cm³/mol. The van der Waals surface area contributed by atoms with Crippen molar-refractivity contribution in [1.29, 1.82) is 0 Å². The van der Waals surface area contributed by atoms with E-state index in [1.807, 2.05) is 13.8 Å². The molecule has 0 saturated carbocycles. The van der Waals surface area contributed by atoms with Gasteiger partial charge in [-0.25, -0.2) is 0 Å². The Bertz CT molecular complexity index is 447. The third kappa shape index (κ3) is 8.98. The van der Waals surface area contributed by atoms with Crippen LogP contribution in [0.3, 0.4) is 0 Å². The van der Waals surface area contributed by atoms with Crippen molar-refractivity contribution in [3.05, 3.63) is 0 Å². The lowest BCUT2D eigenvalue weighted by Crippen LogP contribution is -2.58. The minimum absolute atomic E-state index is 0.0805. The molecule has 1 aliphatic rings. The molecule has 0 aliphatic carbocycles. The summed E-state index contributed by atoms with van der Waals surface area (Å²) in [5.41, 5.74) is 5.33. The molecule has 1 rings (SSSR count). The lowest BCUT2D eigenvalue weighted by molar-refractivity contribution is -0.247. The van der Waals surface area contributed by atoms with Gasteiger partial charge in [0, 0.05) is 20.4 Å². The molecule has 1 fully saturated rings. The van der Waals surface area contributed by atoms with Crippen LogP contribution in [0.2, 0.25) is 0 Å². The number of ether oxygens (including phenoxy) is 5. The Morgan fingerprint density at radius 3 is 2.22 bits per heavy atom. The minimum atomic E-state index is -0.641. The summed E-state index contributed by atoms with van der Waals surface area (Å²) >= 11 is 0. The molecule has 0 aromatic carbocycles. The minimum Gasteiger partial charge on any atom is -0.463 e. The molecule has 0 radical (unpaired) electrons. The quantitative estimate of drug-likeness (QED) is 0.355. The van der Waals surface area contributed by atoms with Crippen molar-refractivity contribution < 1.29 is 33.3 Å². The number of amides is 1. The van der Waals surface area contributed by atoms with Crippen LogP contribution >= 0.6 is 0 Å². The average Bonchev–Trinajstić information content (AvgIpc) is 2.61. The lowest BCUT2D eigenvalue weighted by Gasteiger charge is -2.44. The number of esters is 1. The van der Waals surface area contributed by atoms with Crippen molar-refractivity contribution in [3.8, 4) is 0 Å². The van der Waals surface area contributed by atoms with Gasteiger partial charge in [-0.3, -0.25) is 9.59 Å². The summed E-state index contributed by atoms with van der Waals surface area (Å²) < 4.78 is 27.6. The second-order valence-corrected chi connectivity index (χ2v) is 6.67. The van der Waals surface area contributed by atoms with E-state index in [0.717, 1.165) is 0 Å². The SMILES string of the molecule is CC(=O)NC1C(OCCOCCOCCN)OC(COC(C)=O)C(C)C1C. The topological polar surface area (TPSA) is 118 Å². The fourth-order valence-electron chi connectivity index (χ4n) is 2.89. The van der Waals surface area contributed by atoms with E-state index < -0.39 is 6.29 Å². The zero-order valence-corrected chi connectivity index (χ0v) is 16.8. The maximum absolute atomic E-state index is 11.6. The van der Waals surface area contributed by atoms with E-state index in [1.54, 1.807) is 0 Å². The number of carbonyl (C=O) groups excluding carboxylic acids is 2. The summed E-state index contributed by atoms with van der Waals surface area (Å²) in [6.45, 7) is 9.61. The zero-order valence-electron chi connectivity index (χ0n) is 16.8. The van der Waals surface area contributed by atoms with Crippen molar-refractivity contribution >= 4 is 11.9 Å². The lowest BCUT2D eigenvalue weighted by atomic mass is 9.82. The Labute approximate surface area is 161 Å². The maximum Gasteiger partial charge on any atom is 0.302 e. The first-order chi connectivity index (χ1) is 12.9. The molecular weight excluding hydrogens is 356 g/mol. The van der Waals surface area contributed by atoms with Gasteiger partial charge >= 0.3 is 5.97 Å². The molecule has 9 heteroatoms. The van der Waals surface area contributed by atoms with Crippen LogP contribution in [-0.2, 0) is 33.3 Å². The molecule has 1 aliphatic heterocycles. The highest BCUT2D eigenvalue weighted by Crippen LogP contribution is 2.31. The van der Waals surface area contributed by atoms with Crippen molar-refractivity contribution in [1.82, 2.24) is 5.32 Å². The van der Waals surface area contributed by atoms with E-state index in [0.29, 0.717) is 39.6 Å². The Morgan fingerprint density at radius 1 is 1.00 bits per heavy atom. The van der Waals surface area contributed by atoms with Gasteiger partial charge in [-0.15, -0.1) is 0 Å². The molecule has 158 valence electrons. The van der Waals surface area contributed by atoms with Crippen molar-refractivity contribution in [2.24, 2.45) is 17.6 Å². The Kier molecular flexibility index (Phi) is 11.5. The molecule has 0 aromatic heterocycles. The summed E-state index contributed by atoms with van der Waals surface area (Å²) in [4.78, 5) is 22.7. The number of rotatable bonds is 12. The van der Waals surface area contributed by atoms with Gasteiger partial charge in [-0.1, -0.05) is 13.8 Å². The molecule has 1 saturated heterocycles. The third-order valence-electron chi connectivity index (χ3n) is 4.55. The summed E-state index contributed by atoms with van der Waals surface area (Å²) in [6, 6.07) is -0.293. The van der Waals surface area contributed by atoms with E-state index >= 15 is 0 Å². The van der Waals surface area contributed by atoms with Crippen LogP contribution in [0.1, 0.15) is 27.7 Å². The summed E-state index contributed by atoms with van der Waals surface area (Å²) in [6.07, 6.45) is -0.942. The maximum atomic E-state index is 11.6. The monoisotopic (exact) mass is 390 g/mol. The highest BCUT2D eigenvalue weighted by atomic mass is 16.7. The van der Waals surface area contributed by atoms with E-state index in [9.17, 15) is 9.59 Å².